The van der Waals surface area contributed by atoms with Crippen molar-refractivity contribution in [3.8, 4) is 0 Å². The molecule has 2 aliphatic rings. The Morgan fingerprint density at radius 3 is 2.10 bits per heavy atom. The molecule has 1 unspecified atom stereocenters. The predicted octanol–water partition coefficient (Wildman–Crippen LogP) is 2.17. The predicted molar refractivity (Wildman–Crippen MR) is 61.3 cm³/mol. The second-order valence-electron chi connectivity index (χ2n) is 5.40. The van der Waals surface area contributed by atoms with E-state index in [1.165, 1.54) is 0 Å². The Bertz CT molecular complexity index is 357. The van der Waals surface area contributed by atoms with Gasteiger partial charge in [-0.25, -0.2) is 0 Å². The lowest BCUT2D eigenvalue weighted by Crippen LogP contribution is -2.54. The summed E-state index contributed by atoms with van der Waals surface area (Å²) in [5, 5.41) is 3.29. The summed E-state index contributed by atoms with van der Waals surface area (Å²) in [5.41, 5.74) is 0. The zero-order valence-corrected chi connectivity index (χ0v) is 10.8. The number of carbonyl (C=O) groups is 1. The van der Waals surface area contributed by atoms with E-state index in [4.69, 9.17) is 0 Å². The third-order valence-electron chi connectivity index (χ3n) is 4.12. The van der Waals surface area contributed by atoms with Crippen LogP contribution in [0.15, 0.2) is 0 Å². The van der Waals surface area contributed by atoms with Crippen LogP contribution in [0.5, 0.6) is 0 Å². The van der Waals surface area contributed by atoms with Crippen LogP contribution in [0.2, 0.25) is 0 Å². The van der Waals surface area contributed by atoms with Gasteiger partial charge in [0.25, 0.3) is 0 Å². The van der Waals surface area contributed by atoms with Gasteiger partial charge in [0.2, 0.25) is 0 Å². The third-order valence-corrected chi connectivity index (χ3v) is 4.12. The maximum Gasteiger partial charge on any atom is 0.463 e. The number of carbonyl (C=O) groups excluding carboxylic acids is 1. The third kappa shape index (κ3) is 2.89. The van der Waals surface area contributed by atoms with E-state index in [1.54, 1.807) is 0 Å². The normalized spacial score (nSPS) is 26.1. The number of hydrogen-bond donors (Lipinski definition) is 1. The van der Waals surface area contributed by atoms with Crippen LogP contribution in [-0.2, 0) is 4.79 Å². The molecule has 2 saturated heterocycles. The summed E-state index contributed by atoms with van der Waals surface area (Å²) in [6.45, 7) is 0.844. The topological polar surface area (TPSA) is 32.3 Å². The number of nitrogens with zero attached hydrogens (tertiary/aromatic N) is 1. The maximum absolute atomic E-state index is 13.0. The number of nitrogens with one attached hydrogen (secondary N) is 1. The average molecular weight is 300 g/mol. The van der Waals surface area contributed by atoms with Gasteiger partial charge in [-0.2, -0.15) is 22.0 Å². The molecule has 0 aromatic carbocycles. The molecule has 116 valence electrons. The van der Waals surface area contributed by atoms with Gasteiger partial charge in [0, 0.05) is 19.1 Å². The van der Waals surface area contributed by atoms with Crippen LogP contribution in [0.25, 0.3) is 0 Å². The summed E-state index contributed by atoms with van der Waals surface area (Å²) in [5.74, 6) is -7.16. The van der Waals surface area contributed by atoms with Gasteiger partial charge in [0.05, 0.1) is 0 Å². The molecule has 2 fully saturated rings. The number of piperidine rings is 1. The molecule has 8 heteroatoms. The van der Waals surface area contributed by atoms with Gasteiger partial charge in [-0.15, -0.1) is 0 Å². The molecule has 2 rings (SSSR count). The van der Waals surface area contributed by atoms with Crippen molar-refractivity contribution < 1.29 is 26.7 Å². The SMILES string of the molecule is O=C(N1CCC(C2CCCN2)CC1)C(F)(F)C(F)(F)F. The molecule has 0 bridgehead atoms. The van der Waals surface area contributed by atoms with E-state index in [2.05, 4.69) is 5.32 Å². The molecule has 1 atom stereocenters. The molecule has 1 amide bonds. The van der Waals surface area contributed by atoms with Crippen LogP contribution in [-0.4, -0.2) is 48.6 Å². The molecule has 0 radical (unpaired) electrons. The van der Waals surface area contributed by atoms with Crippen LogP contribution < -0.4 is 5.32 Å². The lowest BCUT2D eigenvalue weighted by Gasteiger charge is -2.36. The Hall–Kier alpha value is -0.920. The Labute approximate surface area is 113 Å². The highest BCUT2D eigenvalue weighted by Gasteiger charge is 2.64. The molecule has 20 heavy (non-hydrogen) atoms. The van der Waals surface area contributed by atoms with E-state index in [-0.39, 0.29) is 19.0 Å². The lowest BCUT2D eigenvalue weighted by atomic mass is 9.88. The van der Waals surface area contributed by atoms with Crippen LogP contribution in [0.3, 0.4) is 0 Å². The van der Waals surface area contributed by atoms with E-state index in [9.17, 15) is 26.7 Å². The van der Waals surface area contributed by atoms with Crippen molar-refractivity contribution in [3.63, 3.8) is 0 Å². The minimum Gasteiger partial charge on any atom is -0.337 e. The minimum atomic E-state index is -5.83. The van der Waals surface area contributed by atoms with Gasteiger partial charge in [-0.1, -0.05) is 0 Å². The van der Waals surface area contributed by atoms with Gasteiger partial charge >= 0.3 is 18.0 Å². The number of amides is 1. The largest absolute Gasteiger partial charge is 0.463 e. The quantitative estimate of drug-likeness (QED) is 0.793. The molecule has 0 spiro atoms. The van der Waals surface area contributed by atoms with Crippen molar-refractivity contribution in [2.45, 2.75) is 43.8 Å². The summed E-state index contributed by atoms with van der Waals surface area (Å²) < 4.78 is 62.4. The first kappa shape index (κ1) is 15.5. The smallest absolute Gasteiger partial charge is 0.337 e. The second kappa shape index (κ2) is 5.46. The Morgan fingerprint density at radius 2 is 1.65 bits per heavy atom. The Balaban J connectivity index is 1.91. The molecule has 3 nitrogen and oxygen atoms in total. The minimum absolute atomic E-state index is 0.0344. The molecule has 0 aromatic heterocycles. The molecule has 1 N–H and O–H groups in total. The summed E-state index contributed by atoms with van der Waals surface area (Å²) in [7, 11) is 0. The van der Waals surface area contributed by atoms with Gasteiger partial charge in [-0.3, -0.25) is 4.79 Å². The zero-order valence-electron chi connectivity index (χ0n) is 10.8. The second-order valence-corrected chi connectivity index (χ2v) is 5.40. The molecule has 2 aliphatic heterocycles. The fourth-order valence-electron chi connectivity index (χ4n) is 2.94. The summed E-state index contributed by atoms with van der Waals surface area (Å²) in [6.07, 6.45) is -2.84. The fraction of sp³-hybridized carbons (Fsp3) is 0.917. The molecule has 0 saturated carbocycles. The number of rotatable bonds is 2. The van der Waals surface area contributed by atoms with Gasteiger partial charge in [0.1, 0.15) is 0 Å². The van der Waals surface area contributed by atoms with Gasteiger partial charge in [-0.05, 0) is 38.1 Å². The van der Waals surface area contributed by atoms with Gasteiger partial charge in [0.15, 0.2) is 0 Å². The summed E-state index contributed by atoms with van der Waals surface area (Å²) >= 11 is 0. The van der Waals surface area contributed by atoms with E-state index in [0.29, 0.717) is 23.8 Å². The van der Waals surface area contributed by atoms with E-state index in [1.807, 2.05) is 0 Å². The molecular formula is C12H17F5N2O. The van der Waals surface area contributed by atoms with E-state index < -0.39 is 18.0 Å². The first-order valence-electron chi connectivity index (χ1n) is 6.71. The molecule has 0 aromatic rings. The van der Waals surface area contributed by atoms with E-state index >= 15 is 0 Å². The monoisotopic (exact) mass is 300 g/mol. The number of likely N-dealkylation sites (tertiary alicyclic amines) is 1. The van der Waals surface area contributed by atoms with Gasteiger partial charge < -0.3 is 10.2 Å². The number of alkyl halides is 5. The van der Waals surface area contributed by atoms with Crippen LogP contribution >= 0.6 is 0 Å². The standard InChI is InChI=1S/C12H17F5N2O/c13-11(14,12(15,16)17)10(20)19-6-3-8(4-7-19)9-2-1-5-18-9/h8-9,18H,1-7H2. The van der Waals surface area contributed by atoms with Crippen molar-refractivity contribution in [1.82, 2.24) is 10.2 Å². The van der Waals surface area contributed by atoms with Crippen molar-refractivity contribution >= 4 is 5.91 Å². The molecule has 2 heterocycles. The van der Waals surface area contributed by atoms with Crippen molar-refractivity contribution in [1.29, 1.82) is 0 Å². The highest BCUT2D eigenvalue weighted by Crippen LogP contribution is 2.38. The molecular weight excluding hydrogens is 283 g/mol. The fourth-order valence-corrected chi connectivity index (χ4v) is 2.94. The summed E-state index contributed by atoms with van der Waals surface area (Å²) in [6, 6.07) is 0.301. The van der Waals surface area contributed by atoms with Crippen molar-refractivity contribution in [2.24, 2.45) is 5.92 Å². The highest BCUT2D eigenvalue weighted by atomic mass is 19.4. The Kier molecular flexibility index (Phi) is 4.22. The van der Waals surface area contributed by atoms with Crippen LogP contribution in [0, 0.1) is 5.92 Å². The lowest BCUT2D eigenvalue weighted by molar-refractivity contribution is -0.274. The first-order valence-corrected chi connectivity index (χ1v) is 6.71. The van der Waals surface area contributed by atoms with Crippen LogP contribution in [0.4, 0.5) is 22.0 Å². The Morgan fingerprint density at radius 1 is 1.05 bits per heavy atom. The maximum atomic E-state index is 13.0. The van der Waals surface area contributed by atoms with Crippen LogP contribution in [0.1, 0.15) is 25.7 Å². The summed E-state index contributed by atoms with van der Waals surface area (Å²) in [4.78, 5) is 12.0. The average Bonchev–Trinajstić information content (AvgIpc) is 2.90. The molecule has 0 aliphatic carbocycles. The van der Waals surface area contributed by atoms with Crippen molar-refractivity contribution in [3.05, 3.63) is 0 Å². The first-order chi connectivity index (χ1) is 9.23. The van der Waals surface area contributed by atoms with E-state index in [0.717, 1.165) is 19.4 Å². The number of halogens is 5. The highest BCUT2D eigenvalue weighted by molar-refractivity contribution is 5.84. The number of hydrogen-bond acceptors (Lipinski definition) is 2. The van der Waals surface area contributed by atoms with Crippen molar-refractivity contribution in [2.75, 3.05) is 19.6 Å². The zero-order chi connectivity index (χ0) is 15.0.